The van der Waals surface area contributed by atoms with Gasteiger partial charge in [0, 0.05) is 25.2 Å². The summed E-state index contributed by atoms with van der Waals surface area (Å²) in [5, 5.41) is 25.4. The van der Waals surface area contributed by atoms with Gasteiger partial charge < -0.3 is 44.5 Å². The number of alkyl halides is 3. The summed E-state index contributed by atoms with van der Waals surface area (Å²) in [6.07, 6.45) is -5.64. The van der Waals surface area contributed by atoms with E-state index in [4.69, 9.17) is 31.2 Å². The minimum atomic E-state index is -4.81. The number of thiocarbonyl (C=S) groups is 1. The Morgan fingerprint density at radius 3 is 2.19 bits per heavy atom. The highest BCUT2D eigenvalue weighted by Gasteiger charge is 2.51. The molecule has 2 fully saturated rings. The van der Waals surface area contributed by atoms with Gasteiger partial charge in [0.15, 0.2) is 5.11 Å². The first-order valence-electron chi connectivity index (χ1n) is 22.4. The van der Waals surface area contributed by atoms with Crippen molar-refractivity contribution in [3.63, 3.8) is 0 Å². The highest BCUT2D eigenvalue weighted by Crippen LogP contribution is 2.40. The van der Waals surface area contributed by atoms with Gasteiger partial charge in [-0.2, -0.15) is 18.4 Å². The summed E-state index contributed by atoms with van der Waals surface area (Å²) < 4.78 is 63.5. The predicted molar refractivity (Wildman–Crippen MR) is 259 cm³/mol. The number of carbonyl (C=O) groups excluding carboxylic acids is 4. The summed E-state index contributed by atoms with van der Waals surface area (Å²) in [7, 11) is 0. The number of hydrogen-bond donors (Lipinski definition) is 3. The fourth-order valence-electron chi connectivity index (χ4n) is 7.96. The third-order valence-electron chi connectivity index (χ3n) is 11.6. The number of amides is 4. The number of thiazole rings is 1. The van der Waals surface area contributed by atoms with Crippen LogP contribution in [0.1, 0.15) is 63.4 Å². The topological polar surface area (TPSA) is 196 Å². The molecule has 2 saturated heterocycles. The van der Waals surface area contributed by atoms with Crippen molar-refractivity contribution >= 4 is 63.7 Å². The number of aromatic nitrogens is 1. The Bertz CT molecular complexity index is 2560. The largest absolute Gasteiger partial charge is 0.491 e. The molecule has 3 N–H and O–H groups in total. The molecule has 16 nitrogen and oxygen atoms in total. The van der Waals surface area contributed by atoms with Gasteiger partial charge in [-0.1, -0.05) is 45.0 Å². The highest BCUT2D eigenvalue weighted by atomic mass is 32.1. The maximum absolute atomic E-state index is 13.9. The summed E-state index contributed by atoms with van der Waals surface area (Å²) in [5.74, 6) is -1.45. The Hall–Kier alpha value is -6.02. The third kappa shape index (κ3) is 12.8. The lowest BCUT2D eigenvalue weighted by Gasteiger charge is -2.35. The average Bonchev–Trinajstić information content (AvgIpc) is 3.98. The number of aryl methyl sites for hydroxylation is 1. The van der Waals surface area contributed by atoms with E-state index in [1.807, 2.05) is 31.2 Å². The van der Waals surface area contributed by atoms with Gasteiger partial charge >= 0.3 is 6.18 Å². The summed E-state index contributed by atoms with van der Waals surface area (Å²) in [6, 6.07) is 17.1. The second-order valence-corrected chi connectivity index (χ2v) is 19.4. The van der Waals surface area contributed by atoms with Crippen molar-refractivity contribution in [3.05, 3.63) is 94.6 Å². The first kappa shape index (κ1) is 53.3. The van der Waals surface area contributed by atoms with Crippen molar-refractivity contribution in [3.8, 4) is 22.3 Å². The van der Waals surface area contributed by atoms with Crippen LogP contribution in [-0.2, 0) is 46.1 Å². The molecular formula is C49H56F3N7O9S2. The number of β-amino-alcohol motifs (C(OH)–C–C–N with tert-alkyl or cyclic N) is 1. The predicted octanol–water partition coefficient (Wildman–Crippen LogP) is 6.16. The Labute approximate surface area is 413 Å². The number of aliphatic hydroxyl groups excluding tert-OH is 1. The molecule has 70 heavy (non-hydrogen) atoms. The zero-order chi connectivity index (χ0) is 51.0. The number of nitriles is 1. The van der Waals surface area contributed by atoms with Crippen LogP contribution >= 0.6 is 23.6 Å². The van der Waals surface area contributed by atoms with Crippen LogP contribution in [-0.4, -0.2) is 120 Å². The van der Waals surface area contributed by atoms with E-state index in [2.05, 4.69) is 15.6 Å². The Morgan fingerprint density at radius 1 is 0.957 bits per heavy atom. The fraction of sp³-hybridized carbons (Fsp3) is 0.449. The van der Waals surface area contributed by atoms with Gasteiger partial charge in [0.25, 0.3) is 5.91 Å². The molecule has 3 aromatic carbocycles. The van der Waals surface area contributed by atoms with Crippen molar-refractivity contribution in [2.45, 2.75) is 84.4 Å². The number of carbonyl (C=O) groups is 4. The molecule has 6 rings (SSSR count). The Kier molecular flexibility index (Phi) is 17.4. The molecule has 0 aliphatic carbocycles. The van der Waals surface area contributed by atoms with Crippen LogP contribution < -0.4 is 25.2 Å². The van der Waals surface area contributed by atoms with Gasteiger partial charge in [-0.05, 0) is 92.0 Å². The second kappa shape index (κ2) is 22.8. The molecule has 3 atom stereocenters. The number of likely N-dealkylation sites (tertiary alicyclic amines) is 1. The molecule has 3 heterocycles. The number of aliphatic hydroxyl groups is 1. The smallest absolute Gasteiger partial charge is 0.417 e. The van der Waals surface area contributed by atoms with Crippen LogP contribution in [0.3, 0.4) is 0 Å². The van der Waals surface area contributed by atoms with Crippen LogP contribution in [0.2, 0.25) is 0 Å². The number of ether oxygens (including phenoxy) is 4. The summed E-state index contributed by atoms with van der Waals surface area (Å²) in [4.78, 5) is 63.1. The van der Waals surface area contributed by atoms with Gasteiger partial charge in [0.1, 0.15) is 36.6 Å². The molecule has 0 spiro atoms. The van der Waals surface area contributed by atoms with E-state index in [0.29, 0.717) is 11.4 Å². The van der Waals surface area contributed by atoms with Gasteiger partial charge in [-0.3, -0.25) is 24.1 Å². The van der Waals surface area contributed by atoms with Crippen molar-refractivity contribution in [2.75, 3.05) is 62.6 Å². The number of nitrogens with zero attached hydrogens (tertiary/aromatic N) is 5. The van der Waals surface area contributed by atoms with Crippen LogP contribution in [0.5, 0.6) is 5.75 Å². The number of benzene rings is 3. The Morgan fingerprint density at radius 2 is 1.59 bits per heavy atom. The van der Waals surface area contributed by atoms with Crippen LogP contribution in [0, 0.1) is 23.7 Å². The molecule has 0 bridgehead atoms. The highest BCUT2D eigenvalue weighted by molar-refractivity contribution is 7.81. The minimum absolute atomic E-state index is 0.0248. The van der Waals surface area contributed by atoms with Crippen molar-refractivity contribution in [2.24, 2.45) is 5.41 Å². The first-order valence-corrected chi connectivity index (χ1v) is 23.7. The lowest BCUT2D eigenvalue weighted by molar-refractivity contribution is -0.144. The van der Waals surface area contributed by atoms with Gasteiger partial charge in [-0.15, -0.1) is 11.3 Å². The molecule has 21 heteroatoms. The normalized spacial score (nSPS) is 17.4. The number of hydrogen-bond acceptors (Lipinski definition) is 13. The van der Waals surface area contributed by atoms with E-state index in [9.17, 15) is 42.7 Å². The standard InChI is InChI=1S/C49H56F3N7O9S2/c1-30-41(70-29-55-30)32-9-7-31(8-10-32)26-54-43(62)39-24-36(60)27-57(39)44(63)42(47(2,3)4)56-40(61)28-67-20-19-65-17-18-66-21-22-68-37-15-13-34(14-16-37)59-46(69)58(45(64)48(59,5)6)35-12-11-33(25-53)38(23-35)49(50,51)52/h7-16,23,29,36,39,42,60H,17-22,24,26-28H2,1-6H3,(H,54,62)(H,56,61)/t36-,39?,42-/m1/s1. The maximum atomic E-state index is 13.9. The number of anilines is 2. The third-order valence-corrected chi connectivity index (χ3v) is 13.0. The van der Waals surface area contributed by atoms with Gasteiger partial charge in [0.05, 0.1) is 78.1 Å². The number of rotatable bonds is 20. The van der Waals surface area contributed by atoms with Gasteiger partial charge in [-0.25, -0.2) is 4.98 Å². The average molecular weight is 1010 g/mol. The van der Waals surface area contributed by atoms with Gasteiger partial charge in [0.2, 0.25) is 17.7 Å². The zero-order valence-electron chi connectivity index (χ0n) is 39.6. The van der Waals surface area contributed by atoms with Crippen LogP contribution in [0.4, 0.5) is 24.5 Å². The van der Waals surface area contributed by atoms with E-state index in [1.165, 1.54) is 17.0 Å². The van der Waals surface area contributed by atoms with Crippen molar-refractivity contribution in [1.29, 1.82) is 5.26 Å². The van der Waals surface area contributed by atoms with Crippen molar-refractivity contribution < 1.29 is 56.4 Å². The molecule has 1 unspecified atom stereocenters. The molecule has 2 aliphatic rings. The maximum Gasteiger partial charge on any atom is 0.417 e. The molecule has 4 aromatic rings. The molecule has 4 amide bonds. The Balaban J connectivity index is 0.867. The van der Waals surface area contributed by atoms with Crippen LogP contribution in [0.15, 0.2) is 72.2 Å². The van der Waals surface area contributed by atoms with E-state index in [0.717, 1.165) is 38.7 Å². The SMILES string of the molecule is Cc1ncsc1-c1ccc(CNC(=O)C2C[C@@H](O)CN2C(=O)[C@@H](NC(=O)COCCOCCOCCOc2ccc(N3C(=S)N(c4ccc(C#N)c(C(F)(F)F)c4)C(=O)C3(C)C)cc2)C(C)(C)C)cc1. The molecule has 2 aliphatic heterocycles. The zero-order valence-corrected chi connectivity index (χ0v) is 41.3. The summed E-state index contributed by atoms with van der Waals surface area (Å²) >= 11 is 7.16. The molecule has 0 saturated carbocycles. The fourth-order valence-corrected chi connectivity index (χ4v) is 9.29. The second-order valence-electron chi connectivity index (χ2n) is 18.2. The van der Waals surface area contributed by atoms with E-state index < -0.39 is 70.1 Å². The van der Waals surface area contributed by atoms with Crippen LogP contribution in [0.25, 0.3) is 10.4 Å². The lowest BCUT2D eigenvalue weighted by Crippen LogP contribution is -2.58. The van der Waals surface area contributed by atoms with E-state index in [-0.39, 0.29) is 76.6 Å². The minimum Gasteiger partial charge on any atom is -0.491 e. The lowest BCUT2D eigenvalue weighted by atomic mass is 9.85. The first-order chi connectivity index (χ1) is 33.1. The summed E-state index contributed by atoms with van der Waals surface area (Å²) in [5.41, 5.74) is 1.34. The molecular weight excluding hydrogens is 952 g/mol. The molecule has 1 aromatic heterocycles. The summed E-state index contributed by atoms with van der Waals surface area (Å²) in [6.45, 7) is 11.6. The quantitative estimate of drug-likeness (QED) is 0.0673. The number of halogens is 3. The molecule has 0 radical (unpaired) electrons. The van der Waals surface area contributed by atoms with E-state index >= 15 is 0 Å². The monoisotopic (exact) mass is 1010 g/mol. The van der Waals surface area contributed by atoms with E-state index in [1.54, 1.807) is 80.6 Å². The van der Waals surface area contributed by atoms with Crippen molar-refractivity contribution in [1.82, 2.24) is 20.5 Å². The molecule has 374 valence electrons. The number of nitrogens with one attached hydrogen (secondary N) is 2.